The summed E-state index contributed by atoms with van der Waals surface area (Å²) in [6, 6.07) is 1.92. The summed E-state index contributed by atoms with van der Waals surface area (Å²) in [7, 11) is 1.82. The Bertz CT molecular complexity index is 1030. The SMILES string of the molecule is CNc1cc2c(cn1)Cc1c(C)c3n(c(=O)c1N2)C1(CCCCC1)NC3=O. The largest absolute Gasteiger partial charge is 0.373 e. The fourth-order valence-electron chi connectivity index (χ4n) is 4.89. The molecule has 0 radical (unpaired) electrons. The summed E-state index contributed by atoms with van der Waals surface area (Å²) in [5.74, 6) is 0.632. The van der Waals surface area contributed by atoms with Crippen molar-refractivity contribution in [1.29, 1.82) is 0 Å². The van der Waals surface area contributed by atoms with E-state index in [-0.39, 0.29) is 11.5 Å². The number of nitrogens with zero attached hydrogens (tertiary/aromatic N) is 2. The maximum Gasteiger partial charge on any atom is 0.277 e. The summed E-state index contributed by atoms with van der Waals surface area (Å²) in [6.45, 7) is 1.95. The zero-order chi connectivity index (χ0) is 18.8. The summed E-state index contributed by atoms with van der Waals surface area (Å²) in [4.78, 5) is 30.7. The van der Waals surface area contributed by atoms with Crippen LogP contribution in [0.5, 0.6) is 0 Å². The van der Waals surface area contributed by atoms with Gasteiger partial charge in [-0.15, -0.1) is 0 Å². The zero-order valence-electron chi connectivity index (χ0n) is 15.6. The predicted octanol–water partition coefficient (Wildman–Crippen LogP) is 2.60. The van der Waals surface area contributed by atoms with Gasteiger partial charge in [0, 0.05) is 31.4 Å². The molecule has 0 aromatic carbocycles. The number of rotatable bonds is 1. The molecule has 0 unspecified atom stereocenters. The first kappa shape index (κ1) is 16.4. The third kappa shape index (κ3) is 2.17. The Morgan fingerprint density at radius 3 is 2.74 bits per heavy atom. The van der Waals surface area contributed by atoms with Gasteiger partial charge in [-0.2, -0.15) is 0 Å². The van der Waals surface area contributed by atoms with E-state index in [9.17, 15) is 9.59 Å². The third-order valence-electron chi connectivity index (χ3n) is 6.29. The van der Waals surface area contributed by atoms with E-state index in [1.807, 2.05) is 26.2 Å². The molecular weight excluding hydrogens is 342 g/mol. The second-order valence-corrected chi connectivity index (χ2v) is 7.79. The second-order valence-electron chi connectivity index (χ2n) is 7.79. The highest BCUT2D eigenvalue weighted by molar-refractivity contribution is 5.98. The van der Waals surface area contributed by atoms with Crippen LogP contribution in [0.1, 0.15) is 59.3 Å². The van der Waals surface area contributed by atoms with Gasteiger partial charge in [0.2, 0.25) is 0 Å². The van der Waals surface area contributed by atoms with E-state index in [4.69, 9.17) is 0 Å². The number of hydrogen-bond acceptors (Lipinski definition) is 5. The second kappa shape index (κ2) is 5.58. The van der Waals surface area contributed by atoms with Crippen molar-refractivity contribution in [2.75, 3.05) is 17.7 Å². The fraction of sp³-hybridized carbons (Fsp3) is 0.450. The number of hydrogen-bond donors (Lipinski definition) is 3. The topological polar surface area (TPSA) is 88.1 Å². The van der Waals surface area contributed by atoms with Crippen molar-refractivity contribution >= 4 is 23.1 Å². The number of carbonyl (C=O) groups excluding carboxylic acids is 1. The molecule has 4 heterocycles. The molecule has 2 aromatic heterocycles. The van der Waals surface area contributed by atoms with Gasteiger partial charge in [-0.3, -0.25) is 14.2 Å². The van der Waals surface area contributed by atoms with Gasteiger partial charge in [0.15, 0.2) is 0 Å². The fourth-order valence-corrected chi connectivity index (χ4v) is 4.89. The highest BCUT2D eigenvalue weighted by Crippen LogP contribution is 2.40. The van der Waals surface area contributed by atoms with Crippen LogP contribution in [-0.2, 0) is 12.1 Å². The molecule has 3 N–H and O–H groups in total. The summed E-state index contributed by atoms with van der Waals surface area (Å²) in [5.41, 5.74) is 4.19. The van der Waals surface area contributed by atoms with Gasteiger partial charge in [0.25, 0.3) is 11.5 Å². The smallest absolute Gasteiger partial charge is 0.277 e. The normalized spacial score (nSPS) is 19.0. The molecule has 2 aliphatic heterocycles. The first-order valence-corrected chi connectivity index (χ1v) is 9.59. The van der Waals surface area contributed by atoms with Gasteiger partial charge in [0.05, 0.1) is 0 Å². The molecule has 1 aliphatic carbocycles. The van der Waals surface area contributed by atoms with Crippen molar-refractivity contribution < 1.29 is 4.79 Å². The van der Waals surface area contributed by atoms with Gasteiger partial charge >= 0.3 is 0 Å². The summed E-state index contributed by atoms with van der Waals surface area (Å²) < 4.78 is 1.75. The quantitative estimate of drug-likeness (QED) is 0.617. The van der Waals surface area contributed by atoms with E-state index in [0.717, 1.165) is 60.3 Å². The van der Waals surface area contributed by atoms with E-state index in [1.54, 1.807) is 4.57 Å². The molecule has 1 spiro atoms. The molecule has 140 valence electrons. The van der Waals surface area contributed by atoms with Crippen LogP contribution < -0.4 is 21.5 Å². The average molecular weight is 365 g/mol. The van der Waals surface area contributed by atoms with E-state index in [2.05, 4.69) is 20.9 Å². The highest BCUT2D eigenvalue weighted by Gasteiger charge is 2.46. The summed E-state index contributed by atoms with van der Waals surface area (Å²) in [5, 5.41) is 9.52. The van der Waals surface area contributed by atoms with Crippen molar-refractivity contribution in [1.82, 2.24) is 14.9 Å². The monoisotopic (exact) mass is 365 g/mol. The molecule has 0 atom stereocenters. The lowest BCUT2D eigenvalue weighted by atomic mass is 9.88. The van der Waals surface area contributed by atoms with E-state index in [1.165, 1.54) is 0 Å². The molecule has 7 heteroatoms. The van der Waals surface area contributed by atoms with Crippen LogP contribution in [0.15, 0.2) is 17.1 Å². The van der Waals surface area contributed by atoms with Gasteiger partial charge in [-0.05, 0) is 49.3 Å². The molecule has 1 fully saturated rings. The Balaban J connectivity index is 1.72. The van der Waals surface area contributed by atoms with Crippen molar-refractivity contribution in [3.05, 3.63) is 45.0 Å². The molecular formula is C20H23N5O2. The number of pyridine rings is 2. The number of amides is 1. The van der Waals surface area contributed by atoms with Crippen molar-refractivity contribution in [2.45, 2.75) is 51.1 Å². The molecule has 3 aliphatic rings. The Hall–Kier alpha value is -2.83. The number of anilines is 3. The zero-order valence-corrected chi connectivity index (χ0v) is 15.6. The molecule has 5 rings (SSSR count). The molecule has 1 amide bonds. The molecule has 0 saturated heterocycles. The minimum Gasteiger partial charge on any atom is -0.373 e. The third-order valence-corrected chi connectivity index (χ3v) is 6.29. The lowest BCUT2D eigenvalue weighted by Crippen LogP contribution is -2.49. The standard InChI is InChI=1S/C20H23N5O2/c1-11-13-8-12-10-22-15(21-2)9-14(12)23-16(13)19(27)25-17(11)18(26)24-20(25)6-4-3-5-7-20/h9-10,23H,3-8H2,1-2H3,(H,21,22)(H,24,26). The summed E-state index contributed by atoms with van der Waals surface area (Å²) in [6.07, 6.45) is 7.25. The Kier molecular flexibility index (Phi) is 3.38. The Morgan fingerprint density at radius 2 is 2.00 bits per heavy atom. The van der Waals surface area contributed by atoms with Crippen LogP contribution in [0.25, 0.3) is 0 Å². The van der Waals surface area contributed by atoms with E-state index >= 15 is 0 Å². The molecule has 2 aromatic rings. The lowest BCUT2D eigenvalue weighted by Gasteiger charge is -2.36. The van der Waals surface area contributed by atoms with Gasteiger partial charge in [0.1, 0.15) is 22.9 Å². The van der Waals surface area contributed by atoms with Crippen molar-refractivity contribution in [3.63, 3.8) is 0 Å². The number of nitrogens with one attached hydrogen (secondary N) is 3. The first-order chi connectivity index (χ1) is 13.0. The Morgan fingerprint density at radius 1 is 1.22 bits per heavy atom. The van der Waals surface area contributed by atoms with Gasteiger partial charge in [-0.1, -0.05) is 6.42 Å². The van der Waals surface area contributed by atoms with Crippen LogP contribution in [0, 0.1) is 6.92 Å². The first-order valence-electron chi connectivity index (χ1n) is 9.59. The van der Waals surface area contributed by atoms with Crippen molar-refractivity contribution in [2.24, 2.45) is 0 Å². The maximum absolute atomic E-state index is 13.5. The Labute approximate surface area is 157 Å². The number of fused-ring (bicyclic) bond motifs is 4. The molecule has 27 heavy (non-hydrogen) atoms. The minimum absolute atomic E-state index is 0.0979. The minimum atomic E-state index is -0.558. The van der Waals surface area contributed by atoms with Crippen LogP contribution >= 0.6 is 0 Å². The molecule has 1 saturated carbocycles. The highest BCUT2D eigenvalue weighted by atomic mass is 16.2. The molecule has 0 bridgehead atoms. The van der Waals surface area contributed by atoms with Crippen LogP contribution in [-0.4, -0.2) is 22.5 Å². The lowest BCUT2D eigenvalue weighted by molar-refractivity contribution is 0.0876. The average Bonchev–Trinajstić information content (AvgIpc) is 2.96. The van der Waals surface area contributed by atoms with Gasteiger partial charge in [-0.25, -0.2) is 4.98 Å². The van der Waals surface area contributed by atoms with Crippen LogP contribution in [0.2, 0.25) is 0 Å². The van der Waals surface area contributed by atoms with Gasteiger partial charge < -0.3 is 16.0 Å². The van der Waals surface area contributed by atoms with E-state index < -0.39 is 5.66 Å². The maximum atomic E-state index is 13.5. The van der Waals surface area contributed by atoms with E-state index in [0.29, 0.717) is 17.8 Å². The van der Waals surface area contributed by atoms with Crippen LogP contribution in [0.3, 0.4) is 0 Å². The predicted molar refractivity (Wildman–Crippen MR) is 104 cm³/mol. The number of carbonyl (C=O) groups is 1. The number of aromatic nitrogens is 2. The van der Waals surface area contributed by atoms with Crippen LogP contribution in [0.4, 0.5) is 17.2 Å². The molecule has 7 nitrogen and oxygen atoms in total. The summed E-state index contributed by atoms with van der Waals surface area (Å²) >= 11 is 0. The van der Waals surface area contributed by atoms with Crippen molar-refractivity contribution in [3.8, 4) is 0 Å².